The number of aromatic nitrogens is 1. The fourth-order valence-electron chi connectivity index (χ4n) is 0.756. The Morgan fingerprint density at radius 3 is 2.38 bits per heavy atom. The Labute approximate surface area is 85.3 Å². The first kappa shape index (κ1) is 10.7. The van der Waals surface area contributed by atoms with Gasteiger partial charge in [0, 0.05) is 3.57 Å². The molecule has 13 heavy (non-hydrogen) atoms. The summed E-state index contributed by atoms with van der Waals surface area (Å²) in [5.74, 6) is 0. The van der Waals surface area contributed by atoms with Crippen molar-refractivity contribution in [2.24, 2.45) is 0 Å². The van der Waals surface area contributed by atoms with Gasteiger partial charge < -0.3 is 0 Å². The van der Waals surface area contributed by atoms with Crippen LogP contribution < -0.4 is 0 Å². The average Bonchev–Trinajstić information content (AvgIpc) is 2.03. The first-order chi connectivity index (χ1) is 5.95. The topological polar surface area (TPSA) is 12.9 Å². The van der Waals surface area contributed by atoms with E-state index in [0.29, 0.717) is 0 Å². The van der Waals surface area contributed by atoms with E-state index in [-0.39, 0.29) is 9.26 Å². The van der Waals surface area contributed by atoms with Gasteiger partial charge in [-0.2, -0.15) is 13.2 Å². The molecule has 0 unspecified atom stereocenters. The molecule has 0 atom stereocenters. The number of hydrogen-bond donors (Lipinski definition) is 0. The third kappa shape index (κ3) is 2.52. The molecule has 6 heteroatoms. The third-order valence-electron chi connectivity index (χ3n) is 1.31. The van der Waals surface area contributed by atoms with Gasteiger partial charge >= 0.3 is 6.18 Å². The number of hydrogen-bond acceptors (Lipinski definition) is 1. The summed E-state index contributed by atoms with van der Waals surface area (Å²) in [6.45, 7) is -0.986. The molecular weight excluding hydrogens is 301 g/mol. The second kappa shape index (κ2) is 3.77. The van der Waals surface area contributed by atoms with Gasteiger partial charge in [-0.25, -0.2) is 9.37 Å². The van der Waals surface area contributed by atoms with Crippen LogP contribution in [0.15, 0.2) is 12.1 Å². The molecule has 1 heterocycles. The summed E-state index contributed by atoms with van der Waals surface area (Å²) in [6.07, 6.45) is -4.51. The Bertz CT molecular complexity index is 310. The smallest absolute Gasteiger partial charge is 0.244 e. The highest BCUT2D eigenvalue weighted by Crippen LogP contribution is 2.31. The van der Waals surface area contributed by atoms with E-state index in [9.17, 15) is 17.6 Å². The monoisotopic (exact) mass is 305 g/mol. The zero-order valence-corrected chi connectivity index (χ0v) is 8.36. The highest BCUT2D eigenvalue weighted by Gasteiger charge is 2.35. The van der Waals surface area contributed by atoms with E-state index in [1.165, 1.54) is 34.7 Å². The Kier molecular flexibility index (Phi) is 3.09. The normalized spacial score (nSPS) is 11.8. The van der Waals surface area contributed by atoms with E-state index in [2.05, 4.69) is 4.98 Å². The fraction of sp³-hybridized carbons (Fsp3) is 0.286. The zero-order valence-electron chi connectivity index (χ0n) is 6.20. The minimum absolute atomic E-state index is 0.0256. The van der Waals surface area contributed by atoms with Crippen LogP contribution in [0.2, 0.25) is 0 Å². The lowest BCUT2D eigenvalue weighted by Gasteiger charge is -2.08. The van der Waals surface area contributed by atoms with Gasteiger partial charge in [-0.05, 0) is 34.7 Å². The Morgan fingerprint density at radius 2 is 1.92 bits per heavy atom. The van der Waals surface area contributed by atoms with Gasteiger partial charge in [-0.15, -0.1) is 0 Å². The maximum Gasteiger partial charge on any atom is 0.434 e. The van der Waals surface area contributed by atoms with Gasteiger partial charge in [0.25, 0.3) is 0 Å². The van der Waals surface area contributed by atoms with Crippen LogP contribution in [0.5, 0.6) is 0 Å². The van der Waals surface area contributed by atoms with Gasteiger partial charge in [0.2, 0.25) is 0 Å². The van der Waals surface area contributed by atoms with E-state index >= 15 is 0 Å². The van der Waals surface area contributed by atoms with Crippen LogP contribution in [0.25, 0.3) is 0 Å². The molecule has 0 saturated carbocycles. The molecule has 1 aromatic heterocycles. The summed E-state index contributed by atoms with van der Waals surface area (Å²) in [5, 5.41) is 0. The van der Waals surface area contributed by atoms with E-state index < -0.39 is 18.5 Å². The number of halogens is 5. The van der Waals surface area contributed by atoms with Crippen molar-refractivity contribution in [3.8, 4) is 0 Å². The second-order valence-electron chi connectivity index (χ2n) is 2.26. The molecule has 72 valence electrons. The summed E-state index contributed by atoms with van der Waals surface area (Å²) < 4.78 is 48.5. The maximum atomic E-state index is 12.2. The molecule has 1 rings (SSSR count). The summed E-state index contributed by atoms with van der Waals surface area (Å²) in [5.41, 5.74) is -1.23. The lowest BCUT2D eigenvalue weighted by Crippen LogP contribution is -2.11. The van der Waals surface area contributed by atoms with Crippen LogP contribution in [0.3, 0.4) is 0 Å². The van der Waals surface area contributed by atoms with E-state index in [1.54, 1.807) is 0 Å². The van der Waals surface area contributed by atoms with Crippen molar-refractivity contribution >= 4 is 22.6 Å². The van der Waals surface area contributed by atoms with E-state index in [4.69, 9.17) is 0 Å². The molecule has 0 N–H and O–H groups in total. The Balaban J connectivity index is 3.19. The van der Waals surface area contributed by atoms with Crippen LogP contribution in [0, 0.1) is 3.57 Å². The van der Waals surface area contributed by atoms with Crippen LogP contribution in [-0.4, -0.2) is 4.98 Å². The lowest BCUT2D eigenvalue weighted by molar-refractivity contribution is -0.142. The zero-order chi connectivity index (χ0) is 10.1. The van der Waals surface area contributed by atoms with E-state index in [0.717, 1.165) is 0 Å². The molecule has 0 aliphatic heterocycles. The van der Waals surface area contributed by atoms with Crippen molar-refractivity contribution in [3.63, 3.8) is 0 Å². The molecule has 0 aliphatic carbocycles. The third-order valence-corrected chi connectivity index (χ3v) is 2.18. The van der Waals surface area contributed by atoms with Crippen molar-refractivity contribution in [1.82, 2.24) is 4.98 Å². The number of pyridine rings is 1. The summed E-state index contributed by atoms with van der Waals surface area (Å²) in [7, 11) is 0. The number of alkyl halides is 4. The first-order valence-corrected chi connectivity index (χ1v) is 4.31. The molecule has 0 bridgehead atoms. The van der Waals surface area contributed by atoms with Gasteiger partial charge in [-0.3, -0.25) is 0 Å². The molecule has 0 amide bonds. The molecule has 0 fully saturated rings. The molecular formula is C7H4F4IN. The SMILES string of the molecule is FCc1ccc(I)c(C(F)(F)F)n1. The quantitative estimate of drug-likeness (QED) is 0.574. The van der Waals surface area contributed by atoms with Crippen molar-refractivity contribution in [1.29, 1.82) is 0 Å². The predicted octanol–water partition coefficient (Wildman–Crippen LogP) is 3.17. The van der Waals surface area contributed by atoms with Gasteiger partial charge in [-0.1, -0.05) is 0 Å². The van der Waals surface area contributed by atoms with Crippen LogP contribution in [0.4, 0.5) is 17.6 Å². The number of rotatable bonds is 1. The maximum absolute atomic E-state index is 12.2. The fourth-order valence-corrected chi connectivity index (χ4v) is 1.36. The number of nitrogens with zero attached hydrogens (tertiary/aromatic N) is 1. The van der Waals surface area contributed by atoms with Gasteiger partial charge in [0.05, 0.1) is 5.69 Å². The molecule has 0 aliphatic rings. The van der Waals surface area contributed by atoms with Crippen LogP contribution in [-0.2, 0) is 12.9 Å². The molecule has 1 nitrogen and oxygen atoms in total. The lowest BCUT2D eigenvalue weighted by atomic mass is 10.3. The van der Waals surface area contributed by atoms with Gasteiger partial charge in [0.15, 0.2) is 5.69 Å². The van der Waals surface area contributed by atoms with Crippen LogP contribution >= 0.6 is 22.6 Å². The molecule has 0 aromatic carbocycles. The molecule has 0 radical (unpaired) electrons. The highest BCUT2D eigenvalue weighted by molar-refractivity contribution is 14.1. The van der Waals surface area contributed by atoms with E-state index in [1.807, 2.05) is 0 Å². The largest absolute Gasteiger partial charge is 0.434 e. The summed E-state index contributed by atoms with van der Waals surface area (Å²) in [4.78, 5) is 3.15. The summed E-state index contributed by atoms with van der Waals surface area (Å²) in [6, 6.07) is 2.43. The van der Waals surface area contributed by atoms with Gasteiger partial charge in [0.1, 0.15) is 6.67 Å². The summed E-state index contributed by atoms with van der Waals surface area (Å²) >= 11 is 1.51. The molecule has 0 saturated heterocycles. The van der Waals surface area contributed by atoms with Crippen molar-refractivity contribution in [2.75, 3.05) is 0 Å². The second-order valence-corrected chi connectivity index (χ2v) is 3.43. The predicted molar refractivity (Wildman–Crippen MR) is 46.8 cm³/mol. The van der Waals surface area contributed by atoms with Crippen molar-refractivity contribution in [3.05, 3.63) is 27.1 Å². The van der Waals surface area contributed by atoms with Crippen LogP contribution in [0.1, 0.15) is 11.4 Å². The molecule has 0 spiro atoms. The molecule has 1 aromatic rings. The Morgan fingerprint density at radius 1 is 1.31 bits per heavy atom. The minimum atomic E-state index is -4.51. The Hall–Kier alpha value is -0.400. The highest BCUT2D eigenvalue weighted by atomic mass is 127. The van der Waals surface area contributed by atoms with Crippen molar-refractivity contribution in [2.45, 2.75) is 12.9 Å². The average molecular weight is 305 g/mol. The minimum Gasteiger partial charge on any atom is -0.244 e. The first-order valence-electron chi connectivity index (χ1n) is 3.23. The standard InChI is InChI=1S/C7H4F4IN/c8-3-4-1-2-5(12)6(13-4)7(9,10)11/h1-2H,3H2. The van der Waals surface area contributed by atoms with Crippen molar-refractivity contribution < 1.29 is 17.6 Å².